The number of carbonyl (C=O) groups is 2. The summed E-state index contributed by atoms with van der Waals surface area (Å²) < 4.78 is 47.4. The Labute approximate surface area is 171 Å². The average molecular weight is 416 g/mol. The van der Waals surface area contributed by atoms with Gasteiger partial charge in [-0.15, -0.1) is 0 Å². The molecule has 0 saturated carbocycles. The Hall–Kier alpha value is -3.13. The first-order valence-electron chi connectivity index (χ1n) is 9.50. The van der Waals surface area contributed by atoms with Gasteiger partial charge >= 0.3 is 0 Å². The van der Waals surface area contributed by atoms with Crippen LogP contribution in [0.1, 0.15) is 19.4 Å². The summed E-state index contributed by atoms with van der Waals surface area (Å²) >= 11 is 0. The van der Waals surface area contributed by atoms with Crippen molar-refractivity contribution in [1.29, 1.82) is 0 Å². The van der Waals surface area contributed by atoms with Crippen LogP contribution in [0.5, 0.6) is 0 Å². The minimum atomic E-state index is -0.901. The Morgan fingerprint density at radius 2 is 1.47 bits per heavy atom. The van der Waals surface area contributed by atoms with Gasteiger partial charge in [-0.1, -0.05) is 12.1 Å². The van der Waals surface area contributed by atoms with E-state index in [1.807, 2.05) is 13.8 Å². The van der Waals surface area contributed by atoms with Gasteiger partial charge in [-0.05, 0) is 43.7 Å². The highest BCUT2D eigenvalue weighted by Crippen LogP contribution is 2.37. The third-order valence-corrected chi connectivity index (χ3v) is 5.08. The number of carbonyl (C=O) groups excluding carboxylic acids is 2. The molecule has 30 heavy (non-hydrogen) atoms. The van der Waals surface area contributed by atoms with Crippen LogP contribution in [0.15, 0.2) is 48.2 Å². The second-order valence-corrected chi connectivity index (χ2v) is 7.43. The molecule has 0 radical (unpaired) electrons. The summed E-state index contributed by atoms with van der Waals surface area (Å²) in [4.78, 5) is 29.0. The highest BCUT2D eigenvalue weighted by molar-refractivity contribution is 6.45. The largest absolute Gasteiger partial charge is 0.372 e. The maximum atomic E-state index is 14.4. The topological polar surface area (TPSA) is 49.9 Å². The Morgan fingerprint density at radius 1 is 0.867 bits per heavy atom. The van der Waals surface area contributed by atoms with Gasteiger partial charge in [0.15, 0.2) is 0 Å². The van der Waals surface area contributed by atoms with Crippen LogP contribution in [0.4, 0.5) is 18.9 Å². The second-order valence-electron chi connectivity index (χ2n) is 7.43. The Bertz CT molecular complexity index is 1040. The number of benzene rings is 2. The molecule has 1 fully saturated rings. The van der Waals surface area contributed by atoms with Crippen molar-refractivity contribution in [3.63, 3.8) is 0 Å². The molecule has 2 amide bonds. The summed E-state index contributed by atoms with van der Waals surface area (Å²) in [7, 11) is 0. The predicted molar refractivity (Wildman–Crippen MR) is 104 cm³/mol. The lowest BCUT2D eigenvalue weighted by atomic mass is 10.0. The molecular weight excluding hydrogens is 397 g/mol. The van der Waals surface area contributed by atoms with Crippen LogP contribution in [0.25, 0.3) is 5.57 Å². The van der Waals surface area contributed by atoms with E-state index in [1.165, 1.54) is 24.3 Å². The molecule has 2 aliphatic rings. The van der Waals surface area contributed by atoms with E-state index in [0.29, 0.717) is 23.6 Å². The zero-order chi connectivity index (χ0) is 21.6. The molecule has 0 N–H and O–H groups in total. The molecule has 2 heterocycles. The van der Waals surface area contributed by atoms with Crippen molar-refractivity contribution in [1.82, 2.24) is 4.90 Å². The van der Waals surface area contributed by atoms with Crippen LogP contribution in [-0.2, 0) is 14.3 Å². The van der Waals surface area contributed by atoms with Gasteiger partial charge in [0.1, 0.15) is 23.1 Å². The highest BCUT2D eigenvalue weighted by atomic mass is 19.1. The monoisotopic (exact) mass is 416 g/mol. The van der Waals surface area contributed by atoms with Crippen molar-refractivity contribution in [2.75, 3.05) is 18.0 Å². The Morgan fingerprint density at radius 3 is 2.10 bits per heavy atom. The number of amides is 2. The van der Waals surface area contributed by atoms with Gasteiger partial charge in [-0.3, -0.25) is 9.59 Å². The fourth-order valence-electron chi connectivity index (χ4n) is 3.92. The summed E-state index contributed by atoms with van der Waals surface area (Å²) in [6.45, 7) is 4.35. The number of rotatable bonds is 3. The normalized spacial score (nSPS) is 22.3. The van der Waals surface area contributed by atoms with Crippen LogP contribution >= 0.6 is 0 Å². The molecule has 0 bridgehead atoms. The van der Waals surface area contributed by atoms with Gasteiger partial charge in [-0.2, -0.15) is 0 Å². The SMILES string of the molecule is CC1CN(C2=C(c3ccc(F)cc3)C(=O)N(c3cc(F)ccc3F)C2=O)CC(C)O1. The fraction of sp³-hybridized carbons (Fsp3) is 0.273. The Kier molecular flexibility index (Phi) is 5.11. The number of nitrogens with zero attached hydrogens (tertiary/aromatic N) is 2. The third kappa shape index (κ3) is 3.47. The van der Waals surface area contributed by atoms with Crippen molar-refractivity contribution in [3.8, 4) is 0 Å². The van der Waals surface area contributed by atoms with Crippen LogP contribution in [-0.4, -0.2) is 42.0 Å². The summed E-state index contributed by atoms with van der Waals surface area (Å²) in [6.07, 6.45) is -0.419. The Balaban J connectivity index is 1.86. The maximum absolute atomic E-state index is 14.4. The molecule has 4 rings (SSSR count). The second kappa shape index (κ2) is 7.60. The zero-order valence-electron chi connectivity index (χ0n) is 16.4. The van der Waals surface area contributed by atoms with E-state index in [0.717, 1.165) is 18.2 Å². The minimum absolute atomic E-state index is 0.0185. The number of imide groups is 1. The molecule has 8 heteroatoms. The quantitative estimate of drug-likeness (QED) is 0.719. The summed E-state index contributed by atoms with van der Waals surface area (Å²) in [5.74, 6) is -3.73. The lowest BCUT2D eigenvalue weighted by Crippen LogP contribution is -2.47. The molecule has 5 nitrogen and oxygen atoms in total. The van der Waals surface area contributed by atoms with E-state index < -0.39 is 35.0 Å². The van der Waals surface area contributed by atoms with E-state index in [-0.39, 0.29) is 23.5 Å². The molecule has 2 aromatic carbocycles. The molecule has 2 aromatic rings. The van der Waals surface area contributed by atoms with Gasteiger partial charge in [0, 0.05) is 19.2 Å². The van der Waals surface area contributed by atoms with Gasteiger partial charge in [0.25, 0.3) is 11.8 Å². The van der Waals surface area contributed by atoms with E-state index in [4.69, 9.17) is 4.74 Å². The molecule has 1 saturated heterocycles. The first-order chi connectivity index (χ1) is 14.3. The van der Waals surface area contributed by atoms with E-state index in [1.54, 1.807) is 4.90 Å². The molecule has 2 atom stereocenters. The molecule has 2 unspecified atom stereocenters. The van der Waals surface area contributed by atoms with E-state index in [9.17, 15) is 22.8 Å². The first-order valence-corrected chi connectivity index (χ1v) is 9.50. The third-order valence-electron chi connectivity index (χ3n) is 5.08. The van der Waals surface area contributed by atoms with Crippen LogP contribution in [0.3, 0.4) is 0 Å². The predicted octanol–water partition coefficient (Wildman–Crippen LogP) is 3.50. The number of ether oxygens (including phenoxy) is 1. The van der Waals surface area contributed by atoms with Crippen LogP contribution in [0, 0.1) is 17.5 Å². The summed E-state index contributed by atoms with van der Waals surface area (Å²) in [6, 6.07) is 7.69. The molecule has 2 aliphatic heterocycles. The van der Waals surface area contributed by atoms with E-state index in [2.05, 4.69) is 0 Å². The lowest BCUT2D eigenvalue weighted by Gasteiger charge is -2.37. The van der Waals surface area contributed by atoms with Crippen molar-refractivity contribution < 1.29 is 27.5 Å². The van der Waals surface area contributed by atoms with Gasteiger partial charge in [0.05, 0.1) is 23.5 Å². The smallest absolute Gasteiger partial charge is 0.282 e. The lowest BCUT2D eigenvalue weighted by molar-refractivity contribution is -0.121. The number of hydrogen-bond acceptors (Lipinski definition) is 4. The minimum Gasteiger partial charge on any atom is -0.372 e. The molecular formula is C22H19F3N2O3. The average Bonchev–Trinajstić information content (AvgIpc) is 2.94. The maximum Gasteiger partial charge on any atom is 0.282 e. The summed E-state index contributed by atoms with van der Waals surface area (Å²) in [5, 5.41) is 0. The fourth-order valence-corrected chi connectivity index (χ4v) is 3.92. The molecule has 0 aliphatic carbocycles. The number of anilines is 1. The van der Waals surface area contributed by atoms with Crippen LogP contribution in [0.2, 0.25) is 0 Å². The van der Waals surface area contributed by atoms with Crippen molar-refractivity contribution in [3.05, 3.63) is 71.2 Å². The number of morpholine rings is 1. The van der Waals surface area contributed by atoms with Gasteiger partial charge in [-0.25, -0.2) is 18.1 Å². The summed E-state index contributed by atoms with van der Waals surface area (Å²) in [5.41, 5.74) is -0.0629. The number of halogens is 3. The first kappa shape index (κ1) is 20.2. The molecule has 0 spiro atoms. The van der Waals surface area contributed by atoms with Crippen molar-refractivity contribution >= 4 is 23.1 Å². The number of hydrogen-bond donors (Lipinski definition) is 0. The highest BCUT2D eigenvalue weighted by Gasteiger charge is 2.44. The molecule has 156 valence electrons. The zero-order valence-corrected chi connectivity index (χ0v) is 16.4. The van der Waals surface area contributed by atoms with Crippen molar-refractivity contribution in [2.45, 2.75) is 26.1 Å². The van der Waals surface area contributed by atoms with E-state index >= 15 is 0 Å². The van der Waals surface area contributed by atoms with Crippen molar-refractivity contribution in [2.24, 2.45) is 0 Å². The standard InChI is InChI=1S/C22H19F3N2O3/c1-12-10-26(11-13(2)30-12)20-19(14-3-5-15(23)6-4-14)21(28)27(22(20)29)18-9-16(24)7-8-17(18)25/h3-9,12-13H,10-11H2,1-2H3. The van der Waals surface area contributed by atoms with Gasteiger partial charge < -0.3 is 9.64 Å². The van der Waals surface area contributed by atoms with Crippen LogP contribution < -0.4 is 4.90 Å². The van der Waals surface area contributed by atoms with Gasteiger partial charge in [0.2, 0.25) is 0 Å². The molecule has 0 aromatic heterocycles.